The number of amides is 1. The van der Waals surface area contributed by atoms with Gasteiger partial charge in [-0.15, -0.1) is 22.7 Å². The lowest BCUT2D eigenvalue weighted by Crippen LogP contribution is -2.17. The lowest BCUT2D eigenvalue weighted by atomic mass is 10.1. The van der Waals surface area contributed by atoms with Crippen LogP contribution in [0.3, 0.4) is 0 Å². The first-order valence-electron chi connectivity index (χ1n) is 10.6. The van der Waals surface area contributed by atoms with Crippen molar-refractivity contribution < 1.29 is 19.4 Å². The van der Waals surface area contributed by atoms with Crippen molar-refractivity contribution in [3.8, 4) is 17.9 Å². The first-order chi connectivity index (χ1) is 16.9. The minimum atomic E-state index is -0.764. The molecule has 1 unspecified atom stereocenters. The van der Waals surface area contributed by atoms with E-state index in [2.05, 4.69) is 21.5 Å². The quantitative estimate of drug-likeness (QED) is 0.307. The van der Waals surface area contributed by atoms with Gasteiger partial charge in [0.2, 0.25) is 0 Å². The molecular weight excluding hydrogens is 502 g/mol. The molecule has 0 saturated heterocycles. The molecule has 1 aromatic carbocycles. The van der Waals surface area contributed by atoms with E-state index in [0.717, 1.165) is 36.3 Å². The number of anilines is 1. The number of ether oxygens (including phenoxy) is 1. The number of nitrogens with zero attached hydrogens (tertiary/aromatic N) is 2. The summed E-state index contributed by atoms with van der Waals surface area (Å²) in [4.78, 5) is 26.0. The summed E-state index contributed by atoms with van der Waals surface area (Å²) in [5, 5.41) is 21.6. The Hall–Kier alpha value is -3.70. The van der Waals surface area contributed by atoms with E-state index in [1.165, 1.54) is 22.7 Å². The van der Waals surface area contributed by atoms with E-state index < -0.39 is 23.6 Å². The second-order valence-electron chi connectivity index (χ2n) is 8.02. The predicted molar refractivity (Wildman–Crippen MR) is 136 cm³/mol. The predicted octanol–water partition coefficient (Wildman–Crippen LogP) is 6.12. The molecule has 0 aliphatic heterocycles. The van der Waals surface area contributed by atoms with Crippen LogP contribution in [0.4, 0.5) is 10.5 Å². The molecule has 1 atom stereocenters. The molecule has 2 N–H and O–H groups in total. The largest absolute Gasteiger partial charge is 0.481 e. The Morgan fingerprint density at radius 3 is 2.57 bits per heavy atom. The molecule has 1 amide bonds. The molecule has 1 fully saturated rings. The summed E-state index contributed by atoms with van der Waals surface area (Å²) >= 11 is 3.92. The van der Waals surface area contributed by atoms with Crippen LogP contribution in [0.5, 0.6) is 0 Å². The lowest BCUT2D eigenvalue weighted by molar-refractivity contribution is -0.139. The van der Waals surface area contributed by atoms with Crippen molar-refractivity contribution in [1.29, 1.82) is 5.26 Å². The lowest BCUT2D eigenvalue weighted by Gasteiger charge is -2.13. The number of fused-ring (bicyclic) bond motifs is 1. The number of aliphatic carboxylic acids is 1. The number of aromatic nitrogens is 1. The Bertz CT molecular complexity index is 1510. The second kappa shape index (κ2) is 9.16. The van der Waals surface area contributed by atoms with Crippen molar-refractivity contribution in [2.75, 3.05) is 5.32 Å². The zero-order chi connectivity index (χ0) is 24.6. The topological polar surface area (TPSA) is 112 Å². The van der Waals surface area contributed by atoms with Crippen LogP contribution in [0.25, 0.3) is 9.40 Å². The van der Waals surface area contributed by atoms with E-state index in [4.69, 9.17) is 4.74 Å². The fourth-order valence-corrected chi connectivity index (χ4v) is 6.68. The first-order valence-corrected chi connectivity index (χ1v) is 13.0. The smallest absolute Gasteiger partial charge is 0.412 e. The molecule has 5 rings (SSSR count). The average molecular weight is 520 g/mol. The van der Waals surface area contributed by atoms with Crippen molar-refractivity contribution in [2.45, 2.75) is 31.3 Å². The molecule has 1 aliphatic carbocycles. The fourth-order valence-electron chi connectivity index (χ4n) is 3.60. The van der Waals surface area contributed by atoms with E-state index in [9.17, 15) is 20.0 Å². The van der Waals surface area contributed by atoms with Crippen molar-refractivity contribution in [1.82, 2.24) is 4.37 Å². The molecule has 3 aromatic heterocycles. The molecule has 0 spiro atoms. The summed E-state index contributed by atoms with van der Waals surface area (Å²) in [6.45, 7) is 1.77. The van der Waals surface area contributed by atoms with Gasteiger partial charge in [-0.25, -0.2) is 4.79 Å². The molecule has 174 valence electrons. The van der Waals surface area contributed by atoms with E-state index in [-0.39, 0.29) is 16.3 Å². The molecule has 1 saturated carbocycles. The average Bonchev–Trinajstić information content (AvgIpc) is 3.24. The van der Waals surface area contributed by atoms with Crippen LogP contribution in [-0.2, 0) is 14.9 Å². The van der Waals surface area contributed by atoms with Gasteiger partial charge >= 0.3 is 12.1 Å². The number of carbonyl (C=O) groups excluding carboxylic acids is 1. The van der Waals surface area contributed by atoms with Crippen molar-refractivity contribution in [2.24, 2.45) is 0 Å². The molecule has 4 aromatic rings. The number of nitrogens with one attached hydrogen (secondary N) is 1. The van der Waals surface area contributed by atoms with Gasteiger partial charge < -0.3 is 9.84 Å². The standard InChI is InChI=1S/C25H17N3O4S3/c1-14(15-5-3-2-4-6-15)32-24(31)27-22-17(28-35-20(22)13-26)8-7-16-11-18-19(33-16)12-21(34-18)25(9-10-25)23(29)30/h2-6,11-12,14H,9-10H2,1H3,(H,27,31)(H,29,30). The van der Waals surface area contributed by atoms with E-state index >= 15 is 0 Å². The molecule has 3 heterocycles. The molecule has 0 bridgehead atoms. The maximum atomic E-state index is 12.5. The monoisotopic (exact) mass is 519 g/mol. The van der Waals surface area contributed by atoms with Crippen LogP contribution in [0.1, 0.15) is 51.8 Å². The molecule has 7 nitrogen and oxygen atoms in total. The SMILES string of the molecule is CC(OC(=O)Nc1c(C#Cc2cc3sc(C4(C(=O)O)CC4)cc3s2)nsc1C#N)c1ccccc1. The van der Waals surface area contributed by atoms with Gasteiger partial charge in [0.25, 0.3) is 0 Å². The maximum absolute atomic E-state index is 12.5. The number of rotatable bonds is 5. The zero-order valence-electron chi connectivity index (χ0n) is 18.3. The highest BCUT2D eigenvalue weighted by molar-refractivity contribution is 7.28. The third-order valence-corrected chi connectivity index (χ3v) is 8.88. The van der Waals surface area contributed by atoms with Gasteiger partial charge in [0, 0.05) is 14.3 Å². The van der Waals surface area contributed by atoms with Crippen LogP contribution in [-0.4, -0.2) is 21.5 Å². The molecule has 10 heteroatoms. The van der Waals surface area contributed by atoms with Gasteiger partial charge in [-0.05, 0) is 60.8 Å². The van der Waals surface area contributed by atoms with Crippen molar-refractivity contribution in [3.63, 3.8) is 0 Å². The van der Waals surface area contributed by atoms with Gasteiger partial charge in [-0.1, -0.05) is 30.3 Å². The zero-order valence-corrected chi connectivity index (χ0v) is 20.8. The van der Waals surface area contributed by atoms with Crippen LogP contribution < -0.4 is 5.32 Å². The number of carbonyl (C=O) groups is 2. The normalized spacial score (nSPS) is 14.4. The number of nitriles is 1. The summed E-state index contributed by atoms with van der Waals surface area (Å²) in [6, 6.07) is 15.2. The fraction of sp³-hybridized carbons (Fsp3) is 0.200. The van der Waals surface area contributed by atoms with Gasteiger partial charge in [0.1, 0.15) is 28.2 Å². The van der Waals surface area contributed by atoms with Crippen LogP contribution >= 0.6 is 34.2 Å². The maximum Gasteiger partial charge on any atom is 0.412 e. The summed E-state index contributed by atoms with van der Waals surface area (Å²) in [5.74, 6) is 5.24. The molecular formula is C25H17N3O4S3. The minimum absolute atomic E-state index is 0.230. The van der Waals surface area contributed by atoms with Crippen LogP contribution in [0, 0.1) is 23.2 Å². The van der Waals surface area contributed by atoms with E-state index in [1.807, 2.05) is 48.5 Å². The minimum Gasteiger partial charge on any atom is -0.481 e. The summed E-state index contributed by atoms with van der Waals surface area (Å²) in [5.41, 5.74) is 0.657. The van der Waals surface area contributed by atoms with Gasteiger partial charge in [-0.2, -0.15) is 9.64 Å². The highest BCUT2D eigenvalue weighted by Crippen LogP contribution is 2.52. The van der Waals surface area contributed by atoms with Crippen LogP contribution in [0.2, 0.25) is 0 Å². The number of thiophene rings is 2. The first kappa shape index (κ1) is 23.1. The number of hydrogen-bond donors (Lipinski definition) is 2. The van der Waals surface area contributed by atoms with Crippen molar-refractivity contribution >= 4 is 61.4 Å². The molecule has 35 heavy (non-hydrogen) atoms. The van der Waals surface area contributed by atoms with Crippen molar-refractivity contribution in [3.05, 3.63) is 68.4 Å². The number of carboxylic acids is 1. The Balaban J connectivity index is 1.33. The van der Waals surface area contributed by atoms with Crippen LogP contribution in [0.15, 0.2) is 42.5 Å². The Morgan fingerprint density at radius 1 is 1.17 bits per heavy atom. The summed E-state index contributed by atoms with van der Waals surface area (Å²) < 4.78 is 11.7. The van der Waals surface area contributed by atoms with Gasteiger partial charge in [0.15, 0.2) is 5.69 Å². The summed E-state index contributed by atoms with van der Waals surface area (Å²) in [6.07, 6.45) is 0.187. The van der Waals surface area contributed by atoms with E-state index in [0.29, 0.717) is 12.8 Å². The van der Waals surface area contributed by atoms with Gasteiger partial charge in [-0.3, -0.25) is 10.1 Å². The summed E-state index contributed by atoms with van der Waals surface area (Å²) in [7, 11) is 0. The number of hydrogen-bond acceptors (Lipinski definition) is 8. The Kier molecular flexibility index (Phi) is 6.03. The highest BCUT2D eigenvalue weighted by Gasteiger charge is 2.53. The van der Waals surface area contributed by atoms with Gasteiger partial charge in [0.05, 0.1) is 4.88 Å². The third kappa shape index (κ3) is 4.52. The number of benzene rings is 1. The molecule has 1 aliphatic rings. The Morgan fingerprint density at radius 2 is 1.91 bits per heavy atom. The Labute approximate surface area is 212 Å². The molecule has 0 radical (unpaired) electrons. The third-order valence-electron chi connectivity index (χ3n) is 5.72. The van der Waals surface area contributed by atoms with E-state index in [1.54, 1.807) is 6.92 Å². The number of carboxylic acid groups (broad SMARTS) is 1. The highest BCUT2D eigenvalue weighted by atomic mass is 32.1. The second-order valence-corrected chi connectivity index (χ2v) is 11.0.